The number of nitrogens with one attached hydrogen (secondary N) is 1. The maximum atomic E-state index is 13.3. The minimum Gasteiger partial charge on any atom is -0.484 e. The van der Waals surface area contributed by atoms with Crippen LogP contribution in [0.4, 0.5) is 10.1 Å². The number of hydrogen-bond donors (Lipinski definition) is 2. The standard InChI is InChI=1S/C15H13FN2O3/c16-13-3-1-2-4-14(13)18-15(19)10-21-12-7-5-11(6-8-12)9-17-20/h1-9,20H,10H2,(H,18,19)/b17-9+. The SMILES string of the molecule is O=C(COc1ccc(/C=N/O)cc1)Nc1ccccc1F. The van der Waals surface area contributed by atoms with Crippen LogP contribution in [0.25, 0.3) is 0 Å². The van der Waals surface area contributed by atoms with E-state index in [2.05, 4.69) is 10.5 Å². The smallest absolute Gasteiger partial charge is 0.262 e. The molecule has 5 nitrogen and oxygen atoms in total. The molecule has 2 N–H and O–H groups in total. The molecule has 2 aromatic rings. The number of halogens is 1. The van der Waals surface area contributed by atoms with Crippen molar-refractivity contribution in [2.24, 2.45) is 5.16 Å². The topological polar surface area (TPSA) is 70.9 Å². The molecule has 0 aliphatic heterocycles. The van der Waals surface area contributed by atoms with E-state index in [4.69, 9.17) is 9.94 Å². The largest absolute Gasteiger partial charge is 0.484 e. The number of hydrogen-bond acceptors (Lipinski definition) is 4. The number of para-hydroxylation sites is 1. The number of carbonyl (C=O) groups is 1. The van der Waals surface area contributed by atoms with Crippen LogP contribution in [-0.2, 0) is 4.79 Å². The molecule has 0 radical (unpaired) electrons. The van der Waals surface area contributed by atoms with Gasteiger partial charge in [0.15, 0.2) is 6.61 Å². The highest BCUT2D eigenvalue weighted by molar-refractivity contribution is 5.92. The van der Waals surface area contributed by atoms with Gasteiger partial charge in [-0.25, -0.2) is 4.39 Å². The summed E-state index contributed by atoms with van der Waals surface area (Å²) in [5.41, 5.74) is 0.807. The van der Waals surface area contributed by atoms with Gasteiger partial charge in [-0.05, 0) is 42.0 Å². The van der Waals surface area contributed by atoms with Gasteiger partial charge in [0.1, 0.15) is 11.6 Å². The van der Waals surface area contributed by atoms with Crippen LogP contribution in [0.3, 0.4) is 0 Å². The summed E-state index contributed by atoms with van der Waals surface area (Å²) in [6, 6.07) is 12.5. The predicted octanol–water partition coefficient (Wildman–Crippen LogP) is 2.65. The monoisotopic (exact) mass is 288 g/mol. The van der Waals surface area contributed by atoms with Crippen molar-refractivity contribution < 1.29 is 19.1 Å². The first-order valence-electron chi connectivity index (χ1n) is 6.14. The van der Waals surface area contributed by atoms with Gasteiger partial charge in [-0.3, -0.25) is 4.79 Å². The summed E-state index contributed by atoms with van der Waals surface area (Å²) in [5.74, 6) is -0.478. The molecule has 0 aliphatic carbocycles. The van der Waals surface area contributed by atoms with Gasteiger partial charge in [-0.2, -0.15) is 0 Å². The van der Waals surface area contributed by atoms with Gasteiger partial charge >= 0.3 is 0 Å². The van der Waals surface area contributed by atoms with E-state index in [1.807, 2.05) is 0 Å². The first kappa shape index (κ1) is 14.5. The van der Waals surface area contributed by atoms with Crippen LogP contribution in [0, 0.1) is 5.82 Å². The number of carbonyl (C=O) groups excluding carboxylic acids is 1. The predicted molar refractivity (Wildman–Crippen MR) is 76.3 cm³/mol. The molecule has 0 atom stereocenters. The molecular weight excluding hydrogens is 275 g/mol. The number of benzene rings is 2. The molecule has 2 rings (SSSR count). The number of amides is 1. The fourth-order valence-electron chi connectivity index (χ4n) is 1.61. The Bertz CT molecular complexity index is 642. The lowest BCUT2D eigenvalue weighted by atomic mass is 10.2. The van der Waals surface area contributed by atoms with Crippen molar-refractivity contribution in [3.63, 3.8) is 0 Å². The second kappa shape index (κ2) is 7.04. The van der Waals surface area contributed by atoms with Crippen LogP contribution in [0.5, 0.6) is 5.75 Å². The van der Waals surface area contributed by atoms with Gasteiger partial charge in [0, 0.05) is 0 Å². The summed E-state index contributed by atoms with van der Waals surface area (Å²) < 4.78 is 18.6. The zero-order valence-electron chi connectivity index (χ0n) is 11.0. The van der Waals surface area contributed by atoms with E-state index < -0.39 is 11.7 Å². The fraction of sp³-hybridized carbons (Fsp3) is 0.0667. The Hall–Kier alpha value is -2.89. The third kappa shape index (κ3) is 4.31. The minimum atomic E-state index is -0.501. The van der Waals surface area contributed by atoms with E-state index in [0.717, 1.165) is 0 Å². The molecule has 0 fully saturated rings. The molecule has 0 spiro atoms. The molecule has 0 saturated carbocycles. The summed E-state index contributed by atoms with van der Waals surface area (Å²) in [6.45, 7) is -0.234. The Morgan fingerprint density at radius 1 is 1.24 bits per heavy atom. The molecule has 108 valence electrons. The highest BCUT2D eigenvalue weighted by Crippen LogP contribution is 2.13. The average Bonchev–Trinajstić information content (AvgIpc) is 2.49. The first-order chi connectivity index (χ1) is 10.2. The summed E-state index contributed by atoms with van der Waals surface area (Å²) in [4.78, 5) is 11.7. The summed E-state index contributed by atoms with van der Waals surface area (Å²) in [7, 11) is 0. The zero-order chi connectivity index (χ0) is 15.1. The number of rotatable bonds is 5. The molecule has 0 unspecified atom stereocenters. The van der Waals surface area contributed by atoms with Gasteiger partial charge in [0.05, 0.1) is 11.9 Å². The lowest BCUT2D eigenvalue weighted by Gasteiger charge is -2.08. The number of ether oxygens (including phenoxy) is 1. The lowest BCUT2D eigenvalue weighted by molar-refractivity contribution is -0.118. The Morgan fingerprint density at radius 3 is 2.62 bits per heavy atom. The van der Waals surface area contributed by atoms with Crippen LogP contribution in [0.15, 0.2) is 53.7 Å². The second-order valence-corrected chi connectivity index (χ2v) is 4.13. The molecule has 0 aromatic heterocycles. The molecule has 0 heterocycles. The maximum Gasteiger partial charge on any atom is 0.262 e. The third-order valence-corrected chi connectivity index (χ3v) is 2.60. The highest BCUT2D eigenvalue weighted by atomic mass is 19.1. The normalized spacial score (nSPS) is 10.5. The molecule has 6 heteroatoms. The van der Waals surface area contributed by atoms with Crippen molar-refractivity contribution in [2.45, 2.75) is 0 Å². The van der Waals surface area contributed by atoms with Crippen LogP contribution in [-0.4, -0.2) is 23.9 Å². The lowest BCUT2D eigenvalue weighted by Crippen LogP contribution is -2.20. The van der Waals surface area contributed by atoms with Crippen molar-refractivity contribution in [1.82, 2.24) is 0 Å². The molecule has 21 heavy (non-hydrogen) atoms. The Kier molecular flexibility index (Phi) is 4.87. The summed E-state index contributed by atoms with van der Waals surface area (Å²) in [5, 5.41) is 13.7. The van der Waals surface area contributed by atoms with Crippen LogP contribution >= 0.6 is 0 Å². The van der Waals surface area contributed by atoms with Crippen LogP contribution in [0.1, 0.15) is 5.56 Å². The van der Waals surface area contributed by atoms with Crippen LogP contribution in [0.2, 0.25) is 0 Å². The van der Waals surface area contributed by atoms with Gasteiger partial charge in [0.25, 0.3) is 5.91 Å². The Balaban J connectivity index is 1.88. The van der Waals surface area contributed by atoms with E-state index >= 15 is 0 Å². The molecule has 0 saturated heterocycles. The van der Waals surface area contributed by atoms with E-state index in [1.54, 1.807) is 36.4 Å². The quantitative estimate of drug-likeness (QED) is 0.505. The number of anilines is 1. The van der Waals surface area contributed by atoms with Crippen LogP contribution < -0.4 is 10.1 Å². The van der Waals surface area contributed by atoms with E-state index in [1.165, 1.54) is 18.3 Å². The maximum absolute atomic E-state index is 13.3. The minimum absolute atomic E-state index is 0.112. The van der Waals surface area contributed by atoms with Crippen molar-refractivity contribution in [3.8, 4) is 5.75 Å². The molecule has 0 aliphatic rings. The van der Waals surface area contributed by atoms with E-state index in [9.17, 15) is 9.18 Å². The first-order valence-corrected chi connectivity index (χ1v) is 6.14. The van der Waals surface area contributed by atoms with Crippen molar-refractivity contribution in [3.05, 3.63) is 59.9 Å². The molecule has 0 bridgehead atoms. The highest BCUT2D eigenvalue weighted by Gasteiger charge is 2.07. The van der Waals surface area contributed by atoms with Crippen molar-refractivity contribution in [1.29, 1.82) is 0 Å². The number of nitrogens with zero attached hydrogens (tertiary/aromatic N) is 1. The number of oxime groups is 1. The molecule has 1 amide bonds. The van der Waals surface area contributed by atoms with Gasteiger partial charge in [-0.15, -0.1) is 0 Å². The summed E-state index contributed by atoms with van der Waals surface area (Å²) >= 11 is 0. The van der Waals surface area contributed by atoms with E-state index in [0.29, 0.717) is 11.3 Å². The van der Waals surface area contributed by atoms with Gasteiger partial charge in [-0.1, -0.05) is 17.3 Å². The summed E-state index contributed by atoms with van der Waals surface area (Å²) in [6.07, 6.45) is 1.27. The average molecular weight is 288 g/mol. The van der Waals surface area contributed by atoms with E-state index in [-0.39, 0.29) is 12.3 Å². The van der Waals surface area contributed by atoms with Crippen molar-refractivity contribution >= 4 is 17.8 Å². The third-order valence-electron chi connectivity index (χ3n) is 2.60. The molecular formula is C15H13FN2O3. The van der Waals surface area contributed by atoms with Gasteiger partial charge < -0.3 is 15.3 Å². The van der Waals surface area contributed by atoms with Gasteiger partial charge in [0.2, 0.25) is 0 Å². The Labute approximate surface area is 120 Å². The van der Waals surface area contributed by atoms with Crippen molar-refractivity contribution in [2.75, 3.05) is 11.9 Å². The zero-order valence-corrected chi connectivity index (χ0v) is 11.0. The Morgan fingerprint density at radius 2 is 1.95 bits per heavy atom. The second-order valence-electron chi connectivity index (χ2n) is 4.13. The fourth-order valence-corrected chi connectivity index (χ4v) is 1.61. The molecule has 2 aromatic carbocycles.